The molecule has 9 rings (SSSR count). The molecule has 95 heavy (non-hydrogen) atoms. The summed E-state index contributed by atoms with van der Waals surface area (Å²) in [4.78, 5) is 62.9. The van der Waals surface area contributed by atoms with Crippen LogP contribution < -0.4 is 0 Å². The van der Waals surface area contributed by atoms with Gasteiger partial charge in [0, 0.05) is 9.82 Å². The maximum absolute atomic E-state index is 14.6. The Labute approximate surface area is 550 Å². The van der Waals surface area contributed by atoms with E-state index in [9.17, 15) is 30.2 Å². The van der Waals surface area contributed by atoms with Gasteiger partial charge in [0.05, 0.1) is 76.7 Å². The minimum absolute atomic E-state index is 0.0452. The van der Waals surface area contributed by atoms with Gasteiger partial charge in [0.15, 0.2) is 43.3 Å². The summed E-state index contributed by atoms with van der Waals surface area (Å²) >= 11 is 0. The molecule has 0 aliphatic carbocycles. The van der Waals surface area contributed by atoms with Crippen LogP contribution in [0.4, 0.5) is 4.79 Å². The van der Waals surface area contributed by atoms with Gasteiger partial charge >= 0.3 is 24.1 Å². The molecule has 0 radical (unpaired) electrons. The van der Waals surface area contributed by atoms with Crippen molar-refractivity contribution >= 4 is 24.1 Å². The summed E-state index contributed by atoms with van der Waals surface area (Å²) in [6.07, 6.45) is -22.5. The number of esters is 3. The van der Waals surface area contributed by atoms with Crippen LogP contribution in [-0.4, -0.2) is 161 Å². The molecule has 4 fully saturated rings. The molecule has 4 aliphatic heterocycles. The first kappa shape index (κ1) is 71.0. The molecule has 4 heterocycles. The smallest absolute Gasteiger partial charge is 0.467 e. The van der Waals surface area contributed by atoms with E-state index in [0.29, 0.717) is 12.0 Å². The fraction of sp³-hybridized carbons (Fsp3) is 0.478. The van der Waals surface area contributed by atoms with E-state index < -0.39 is 146 Å². The van der Waals surface area contributed by atoms with Crippen molar-refractivity contribution in [1.82, 2.24) is 0 Å². The molecular weight excluding hydrogens is 1230 g/mol. The predicted molar refractivity (Wildman–Crippen MR) is 337 cm³/mol. The first-order valence-electron chi connectivity index (χ1n) is 31.5. The van der Waals surface area contributed by atoms with Gasteiger partial charge in [-0.3, -0.25) is 0 Å². The molecule has 5 aromatic carbocycles. The zero-order chi connectivity index (χ0) is 67.2. The van der Waals surface area contributed by atoms with Gasteiger partial charge in [0.25, 0.3) is 0 Å². The Morgan fingerprint density at radius 2 is 0.895 bits per heavy atom. The molecule has 0 N–H and O–H groups in total. The van der Waals surface area contributed by atoms with Crippen LogP contribution in [0.25, 0.3) is 20.9 Å². The number of benzene rings is 5. The fourth-order valence-electron chi connectivity index (χ4n) is 12.0. The summed E-state index contributed by atoms with van der Waals surface area (Å²) in [6, 6.07) is 42.6. The van der Waals surface area contributed by atoms with E-state index >= 15 is 0 Å². The number of azide groups is 2. The van der Waals surface area contributed by atoms with Gasteiger partial charge < -0.3 is 75.8 Å². The van der Waals surface area contributed by atoms with Crippen LogP contribution in [0.5, 0.6) is 0 Å². The van der Waals surface area contributed by atoms with Gasteiger partial charge in [-0.25, -0.2) is 19.2 Å². The molecule has 0 amide bonds. The molecule has 8 unspecified atom stereocenters. The van der Waals surface area contributed by atoms with Gasteiger partial charge in [0.2, 0.25) is 0 Å². The lowest BCUT2D eigenvalue weighted by Gasteiger charge is -2.51. The van der Waals surface area contributed by atoms with Gasteiger partial charge in [-0.2, -0.15) is 0 Å². The number of carbonyl (C=O) groups is 4. The summed E-state index contributed by atoms with van der Waals surface area (Å²) in [5.74, 6) is -3.51. The molecule has 26 heteroatoms. The quantitative estimate of drug-likeness (QED) is 0.0107. The van der Waals surface area contributed by atoms with Crippen LogP contribution in [0.2, 0.25) is 0 Å². The number of rotatable bonds is 29. The van der Waals surface area contributed by atoms with Gasteiger partial charge in [-0.05, 0) is 71.1 Å². The number of nitrogens with zero attached hydrogens (tertiary/aromatic N) is 6. The average molecular weight is 1310 g/mol. The molecule has 0 aromatic heterocycles. The molecule has 0 bridgehead atoms. The Bertz CT molecular complexity index is 3340. The van der Waals surface area contributed by atoms with E-state index in [0.717, 1.165) is 23.8 Å². The van der Waals surface area contributed by atoms with Gasteiger partial charge in [-0.1, -0.05) is 183 Å². The van der Waals surface area contributed by atoms with Crippen molar-refractivity contribution in [3.8, 4) is 0 Å². The largest absolute Gasteiger partial charge is 0.509 e. The average Bonchev–Trinajstić information content (AvgIpc) is 0.778. The topological polar surface area (TPSA) is 313 Å². The van der Waals surface area contributed by atoms with Crippen molar-refractivity contribution in [1.29, 1.82) is 0 Å². The molecule has 4 aliphatic rings. The number of hydrogen-bond acceptors (Lipinski definition) is 22. The standard InChI is InChI=1S/C69H80N6O20/c1-8-36-82-69(79)95-62-57(86-40-46-32-22-14-23-33-46)59(93-67-51(73-75-71)55(84-38-44-28-18-12-19-29-44)54(49(10-3)89-67)83-37-43-26-16-11-17-27-43)61(65(78)81-7)94-68(62)91-52-41(4)50(72-74-70)66(88-48(52)9-2)92-58-56(85-39-45-30-20-13-21-31-45)53(42(5)87-60(58)64(77)80-6)90-63(76)47-34-24-15-25-35-47/h8,11-35,41-42,48-62,66-68H,1,9-10,36-40H2,2-7H3/t41-,42+,48?,49?,50?,51?,52-,53?,54+,55-,56+,57+,58-,59-,60?,61?,62?,66+,67+,68-/m1/s1. The highest BCUT2D eigenvalue weighted by Gasteiger charge is 2.60. The van der Waals surface area contributed by atoms with Crippen LogP contribution in [0.3, 0.4) is 0 Å². The van der Waals surface area contributed by atoms with Crippen molar-refractivity contribution in [3.63, 3.8) is 0 Å². The van der Waals surface area contributed by atoms with Crippen LogP contribution in [0.15, 0.2) is 175 Å². The third-order valence-electron chi connectivity index (χ3n) is 16.8. The Balaban J connectivity index is 1.07. The lowest BCUT2D eigenvalue weighted by Crippen LogP contribution is -2.67. The van der Waals surface area contributed by atoms with Gasteiger partial charge in [-0.15, -0.1) is 0 Å². The number of methoxy groups -OCH3 is 2. The lowest BCUT2D eigenvalue weighted by atomic mass is 9.87. The third-order valence-corrected chi connectivity index (χ3v) is 16.8. The summed E-state index contributed by atoms with van der Waals surface area (Å²) < 4.78 is 103. The second-order valence-electron chi connectivity index (χ2n) is 22.9. The van der Waals surface area contributed by atoms with E-state index in [1.807, 2.05) is 104 Å². The van der Waals surface area contributed by atoms with Gasteiger partial charge in [0.1, 0.15) is 49.3 Å². The van der Waals surface area contributed by atoms with Crippen LogP contribution in [0.1, 0.15) is 73.1 Å². The SMILES string of the molecule is C=CCOC(=O)OC1[C@H](O[C@H]2C(CC)O[C@@H](O[C@H]3C(C(=O)OC)O[C@@H](C)C(OC(=O)c4ccccc4)[C@@H]3OCc3ccccc3)C(N=[N+]=[N-])[C@H]2C)OC(C(=O)OC)[C@H](O[C@@H]2OC(CC)[C@H](OCc3ccccc3)[C@H](OCc3ccccc3)C2N=[N+]=[N-])[C@@H]1OCc1ccccc1. The first-order chi connectivity index (χ1) is 46.3. The number of hydrogen-bond donors (Lipinski definition) is 0. The van der Waals surface area contributed by atoms with Crippen molar-refractivity contribution in [2.45, 2.75) is 183 Å². The molecule has 0 saturated carbocycles. The molecule has 0 spiro atoms. The highest BCUT2D eigenvalue weighted by Crippen LogP contribution is 2.42. The van der Waals surface area contributed by atoms with Crippen LogP contribution in [0, 0.1) is 5.92 Å². The molecule has 4 saturated heterocycles. The monoisotopic (exact) mass is 1310 g/mol. The summed E-state index contributed by atoms with van der Waals surface area (Å²) in [5.41, 5.74) is 24.0. The molecule has 5 aromatic rings. The van der Waals surface area contributed by atoms with E-state index in [2.05, 4.69) is 26.6 Å². The van der Waals surface area contributed by atoms with E-state index in [1.165, 1.54) is 13.2 Å². The summed E-state index contributed by atoms with van der Waals surface area (Å²) in [7, 11) is 2.31. The van der Waals surface area contributed by atoms with Crippen LogP contribution in [-0.2, 0) is 112 Å². The molecule has 26 nitrogen and oxygen atoms in total. The fourth-order valence-corrected chi connectivity index (χ4v) is 12.0. The Kier molecular flexibility index (Phi) is 26.5. The minimum Gasteiger partial charge on any atom is -0.467 e. The number of carbonyl (C=O) groups excluding carboxylic acids is 4. The Morgan fingerprint density at radius 1 is 0.484 bits per heavy atom. The van der Waals surface area contributed by atoms with Crippen LogP contribution >= 0.6 is 0 Å². The zero-order valence-corrected chi connectivity index (χ0v) is 53.6. The maximum Gasteiger partial charge on any atom is 0.509 e. The predicted octanol–water partition coefficient (Wildman–Crippen LogP) is 10.5. The highest BCUT2D eigenvalue weighted by molar-refractivity contribution is 5.89. The second kappa shape index (κ2) is 35.4. The first-order valence-corrected chi connectivity index (χ1v) is 31.5. The van der Waals surface area contributed by atoms with E-state index in [-0.39, 0.29) is 45.0 Å². The third kappa shape index (κ3) is 18.2. The zero-order valence-electron chi connectivity index (χ0n) is 53.6. The van der Waals surface area contributed by atoms with Crippen molar-refractivity contribution in [2.24, 2.45) is 16.1 Å². The molecule has 506 valence electrons. The molecular formula is C69H80N6O20. The minimum atomic E-state index is -1.81. The summed E-state index contributed by atoms with van der Waals surface area (Å²) in [6.45, 7) is 10.3. The normalized spacial score (nSPS) is 30.4. The maximum atomic E-state index is 14.6. The van der Waals surface area contributed by atoms with Crippen molar-refractivity contribution < 1.29 is 95.0 Å². The Hall–Kier alpha value is -8.30. The molecule has 20 atom stereocenters. The second-order valence-corrected chi connectivity index (χ2v) is 22.9. The van der Waals surface area contributed by atoms with E-state index in [1.54, 1.807) is 75.4 Å². The highest BCUT2D eigenvalue weighted by atomic mass is 16.8. The lowest BCUT2D eigenvalue weighted by molar-refractivity contribution is -0.367. The summed E-state index contributed by atoms with van der Waals surface area (Å²) in [5, 5.41) is 8.43. The van der Waals surface area contributed by atoms with E-state index in [4.69, 9.17) is 75.8 Å². The van der Waals surface area contributed by atoms with Crippen molar-refractivity contribution in [2.75, 3.05) is 20.8 Å². The van der Waals surface area contributed by atoms with Crippen molar-refractivity contribution in [3.05, 3.63) is 213 Å². The Morgan fingerprint density at radius 3 is 1.36 bits per heavy atom. The number of ether oxygens (including phenoxy) is 16.